The summed E-state index contributed by atoms with van der Waals surface area (Å²) in [4.78, 5) is 12.5. The topological polar surface area (TPSA) is 89.8 Å². The molecule has 0 aromatic heterocycles. The van der Waals surface area contributed by atoms with Gasteiger partial charge in [-0.2, -0.15) is 0 Å². The first-order valence-electron chi connectivity index (χ1n) is 24.5. The van der Waals surface area contributed by atoms with E-state index >= 15 is 0 Å². The van der Waals surface area contributed by atoms with Crippen molar-refractivity contribution in [2.45, 2.75) is 289 Å². The zero-order chi connectivity index (χ0) is 39.4. The lowest BCUT2D eigenvalue weighted by atomic mass is 9.99. The Hall–Kier alpha value is -0.910. The summed E-state index contributed by atoms with van der Waals surface area (Å²) < 4.78 is 0. The molecule has 0 saturated carbocycles. The summed E-state index contributed by atoms with van der Waals surface area (Å²) in [5.74, 6) is -0.145. The van der Waals surface area contributed by atoms with Gasteiger partial charge in [-0.25, -0.2) is 0 Å². The lowest BCUT2D eigenvalue weighted by Crippen LogP contribution is -2.50. The fraction of sp³-hybridized carbons (Fsp3) is 0.939. The van der Waals surface area contributed by atoms with Gasteiger partial charge in [-0.05, 0) is 38.5 Å². The molecule has 54 heavy (non-hydrogen) atoms. The van der Waals surface area contributed by atoms with Crippen molar-refractivity contribution in [2.24, 2.45) is 0 Å². The normalized spacial score (nSPS) is 13.5. The van der Waals surface area contributed by atoms with Crippen LogP contribution in [0.25, 0.3) is 0 Å². The predicted octanol–water partition coefficient (Wildman–Crippen LogP) is 14.4. The van der Waals surface area contributed by atoms with Crippen molar-refractivity contribution in [1.29, 1.82) is 0 Å². The van der Waals surface area contributed by atoms with Crippen LogP contribution in [-0.4, -0.2) is 46.1 Å². The smallest absolute Gasteiger partial charge is 0.220 e. The molecule has 3 atom stereocenters. The quantitative estimate of drug-likeness (QED) is 0.0367. The Bertz CT molecular complexity index is 758. The van der Waals surface area contributed by atoms with E-state index in [9.17, 15) is 20.1 Å². The third-order valence-corrected chi connectivity index (χ3v) is 11.6. The Balaban J connectivity index is 3.57. The highest BCUT2D eigenvalue weighted by atomic mass is 16.3. The third-order valence-electron chi connectivity index (χ3n) is 11.6. The lowest BCUT2D eigenvalue weighted by Gasteiger charge is -2.26. The molecule has 3 unspecified atom stereocenters. The number of carbonyl (C=O) groups is 1. The minimum absolute atomic E-state index is 0.145. The molecule has 0 aromatic rings. The van der Waals surface area contributed by atoms with Crippen LogP contribution in [0.5, 0.6) is 0 Å². The zero-order valence-electron chi connectivity index (χ0n) is 36.6. The molecule has 5 nitrogen and oxygen atoms in total. The van der Waals surface area contributed by atoms with Gasteiger partial charge in [-0.1, -0.05) is 238 Å². The molecule has 0 bridgehead atoms. The van der Waals surface area contributed by atoms with E-state index in [2.05, 4.69) is 31.3 Å². The number of aliphatic hydroxyl groups excluding tert-OH is 3. The first-order chi connectivity index (χ1) is 26.6. The highest BCUT2D eigenvalue weighted by molar-refractivity contribution is 5.76. The molecule has 0 radical (unpaired) electrons. The second-order valence-corrected chi connectivity index (χ2v) is 17.0. The summed E-state index contributed by atoms with van der Waals surface area (Å²) in [6, 6.07) is -0.809. The minimum atomic E-state index is -1.14. The van der Waals surface area contributed by atoms with Gasteiger partial charge in [-0.3, -0.25) is 4.79 Å². The molecule has 0 fully saturated rings. The standard InChI is InChI=1S/C49H97NO4/c1-3-5-7-9-11-13-15-17-19-21-23-24-26-27-29-31-33-35-37-39-41-43-47(52)49(54)46(45-51)50-48(53)44-42-40-38-36-34-32-30-28-25-22-20-18-16-14-12-10-8-6-4-2/h22,25,46-47,49,51-52,54H,3-21,23-24,26-45H2,1-2H3,(H,50,53)/b25-22-. The van der Waals surface area contributed by atoms with Crippen molar-refractivity contribution in [3.63, 3.8) is 0 Å². The zero-order valence-corrected chi connectivity index (χ0v) is 36.6. The largest absolute Gasteiger partial charge is 0.394 e. The molecule has 0 saturated heterocycles. The van der Waals surface area contributed by atoms with Gasteiger partial charge in [0, 0.05) is 6.42 Å². The number of rotatable bonds is 45. The van der Waals surface area contributed by atoms with Crippen LogP contribution in [0, 0.1) is 0 Å². The van der Waals surface area contributed by atoms with Gasteiger partial charge in [0.1, 0.15) is 6.10 Å². The van der Waals surface area contributed by atoms with E-state index in [4.69, 9.17) is 0 Å². The van der Waals surface area contributed by atoms with Crippen molar-refractivity contribution in [2.75, 3.05) is 6.61 Å². The maximum Gasteiger partial charge on any atom is 0.220 e. The van der Waals surface area contributed by atoms with Crippen LogP contribution >= 0.6 is 0 Å². The van der Waals surface area contributed by atoms with Crippen LogP contribution in [0.4, 0.5) is 0 Å². The van der Waals surface area contributed by atoms with Crippen molar-refractivity contribution in [3.8, 4) is 0 Å². The van der Waals surface area contributed by atoms with E-state index < -0.39 is 18.2 Å². The Morgan fingerprint density at radius 2 is 0.741 bits per heavy atom. The number of amides is 1. The van der Waals surface area contributed by atoms with Gasteiger partial charge in [0.05, 0.1) is 18.8 Å². The highest BCUT2D eigenvalue weighted by Gasteiger charge is 2.26. The number of hydrogen-bond donors (Lipinski definition) is 4. The van der Waals surface area contributed by atoms with Crippen LogP contribution in [-0.2, 0) is 4.79 Å². The number of aliphatic hydroxyl groups is 3. The summed E-state index contributed by atoms with van der Waals surface area (Å²) >= 11 is 0. The third kappa shape index (κ3) is 39.3. The molecule has 5 heteroatoms. The van der Waals surface area contributed by atoms with Gasteiger partial charge in [-0.15, -0.1) is 0 Å². The lowest BCUT2D eigenvalue weighted by molar-refractivity contribution is -0.124. The Labute approximate surface area is 338 Å². The summed E-state index contributed by atoms with van der Waals surface area (Å²) in [5, 5.41) is 33.7. The molecule has 322 valence electrons. The van der Waals surface area contributed by atoms with Crippen LogP contribution in [0.15, 0.2) is 12.2 Å². The fourth-order valence-electron chi connectivity index (χ4n) is 7.81. The second kappa shape index (κ2) is 44.8. The number of hydrogen-bond acceptors (Lipinski definition) is 4. The number of carbonyl (C=O) groups excluding carboxylic acids is 1. The number of allylic oxidation sites excluding steroid dienone is 2. The molecule has 1 amide bonds. The van der Waals surface area contributed by atoms with Crippen molar-refractivity contribution >= 4 is 5.91 Å². The predicted molar refractivity (Wildman–Crippen MR) is 236 cm³/mol. The van der Waals surface area contributed by atoms with Crippen LogP contribution in [0.3, 0.4) is 0 Å². The van der Waals surface area contributed by atoms with Crippen LogP contribution < -0.4 is 5.32 Å². The van der Waals surface area contributed by atoms with E-state index in [0.29, 0.717) is 12.8 Å². The van der Waals surface area contributed by atoms with Crippen LogP contribution in [0.1, 0.15) is 271 Å². The van der Waals surface area contributed by atoms with E-state index in [1.807, 2.05) is 0 Å². The molecular formula is C49H97NO4. The van der Waals surface area contributed by atoms with Gasteiger partial charge < -0.3 is 20.6 Å². The number of unbranched alkanes of at least 4 members (excludes halogenated alkanes) is 35. The number of nitrogens with one attached hydrogen (secondary N) is 1. The van der Waals surface area contributed by atoms with Crippen molar-refractivity contribution in [1.82, 2.24) is 5.32 Å². The Morgan fingerprint density at radius 1 is 0.444 bits per heavy atom. The highest BCUT2D eigenvalue weighted by Crippen LogP contribution is 2.17. The summed E-state index contributed by atoms with van der Waals surface area (Å²) in [5.41, 5.74) is 0. The first-order valence-corrected chi connectivity index (χ1v) is 24.5. The molecule has 0 aliphatic rings. The maximum absolute atomic E-state index is 12.5. The molecule has 0 rings (SSSR count). The van der Waals surface area contributed by atoms with Crippen LogP contribution in [0.2, 0.25) is 0 Å². The Kier molecular flexibility index (Phi) is 44.0. The summed E-state index contributed by atoms with van der Waals surface area (Å²) in [7, 11) is 0. The average Bonchev–Trinajstić information content (AvgIpc) is 3.18. The molecule has 0 aliphatic carbocycles. The fourth-order valence-corrected chi connectivity index (χ4v) is 7.81. The molecule has 0 aromatic carbocycles. The Morgan fingerprint density at radius 3 is 1.07 bits per heavy atom. The minimum Gasteiger partial charge on any atom is -0.394 e. The summed E-state index contributed by atoms with van der Waals surface area (Å²) in [6.45, 7) is 4.20. The second-order valence-electron chi connectivity index (χ2n) is 17.0. The van der Waals surface area contributed by atoms with E-state index in [-0.39, 0.29) is 12.5 Å². The van der Waals surface area contributed by atoms with E-state index in [1.54, 1.807) is 0 Å². The van der Waals surface area contributed by atoms with Crippen molar-refractivity contribution in [3.05, 3.63) is 12.2 Å². The maximum atomic E-state index is 12.5. The monoisotopic (exact) mass is 764 g/mol. The molecule has 0 spiro atoms. The molecule has 0 heterocycles. The first kappa shape index (κ1) is 53.1. The van der Waals surface area contributed by atoms with Gasteiger partial charge in [0.15, 0.2) is 0 Å². The average molecular weight is 764 g/mol. The van der Waals surface area contributed by atoms with Crippen molar-refractivity contribution < 1.29 is 20.1 Å². The molecular weight excluding hydrogens is 667 g/mol. The van der Waals surface area contributed by atoms with E-state index in [1.165, 1.54) is 212 Å². The van der Waals surface area contributed by atoms with Gasteiger partial charge >= 0.3 is 0 Å². The van der Waals surface area contributed by atoms with Gasteiger partial charge in [0.2, 0.25) is 5.91 Å². The molecule has 0 aliphatic heterocycles. The summed E-state index contributed by atoms with van der Waals surface area (Å²) in [6.07, 6.45) is 53.3. The molecule has 4 N–H and O–H groups in total. The van der Waals surface area contributed by atoms with Gasteiger partial charge in [0.25, 0.3) is 0 Å². The van der Waals surface area contributed by atoms with E-state index in [0.717, 1.165) is 32.1 Å². The SMILES string of the molecule is CCCCCCCCCC/C=C\CCCCCCCCCC(=O)NC(CO)C(O)C(O)CCCCCCCCCCCCCCCCCCCCCCC.